The molecule has 0 unspecified atom stereocenters. The first-order valence-electron chi connectivity index (χ1n) is 12.2. The Labute approximate surface area is 223 Å². The molecule has 2 fully saturated rings. The van der Waals surface area contributed by atoms with Crippen molar-refractivity contribution < 1.29 is 27.5 Å². The van der Waals surface area contributed by atoms with Gasteiger partial charge in [-0.15, -0.1) is 13.2 Å². The fraction of sp³-hybridized carbons (Fsp3) is 0.462. The molecule has 6 nitrogen and oxygen atoms in total. The van der Waals surface area contributed by atoms with Crippen molar-refractivity contribution in [3.63, 3.8) is 0 Å². The quantitative estimate of drug-likeness (QED) is 0.463. The lowest BCUT2D eigenvalue weighted by Gasteiger charge is -2.36. The predicted molar refractivity (Wildman–Crippen MR) is 136 cm³/mol. The number of piperidine rings is 1. The summed E-state index contributed by atoms with van der Waals surface area (Å²) in [6.07, 6.45) is -2.16. The fourth-order valence-electron chi connectivity index (χ4n) is 5.02. The molecule has 11 heteroatoms. The SMILES string of the molecule is CCNC(=O)N1CCC(N2CC[C@@H](Cc3c(Cl)cc(-c4ccc(OC(F)(F)F)cc4)cc3Cl)C2=O)CC1. The maximum Gasteiger partial charge on any atom is 0.573 e. The first kappa shape index (κ1) is 27.4. The van der Waals surface area contributed by atoms with Crippen molar-refractivity contribution in [2.24, 2.45) is 5.92 Å². The zero-order chi connectivity index (χ0) is 26.7. The molecule has 37 heavy (non-hydrogen) atoms. The van der Waals surface area contributed by atoms with Crippen LogP contribution in [-0.4, -0.2) is 60.3 Å². The summed E-state index contributed by atoms with van der Waals surface area (Å²) in [5.41, 5.74) is 1.96. The molecule has 0 aliphatic carbocycles. The Hall–Kier alpha value is -2.65. The van der Waals surface area contributed by atoms with E-state index in [9.17, 15) is 22.8 Å². The van der Waals surface area contributed by atoms with Gasteiger partial charge in [-0.05, 0) is 73.6 Å². The van der Waals surface area contributed by atoms with Gasteiger partial charge in [0.1, 0.15) is 5.75 Å². The highest BCUT2D eigenvalue weighted by Gasteiger charge is 2.38. The van der Waals surface area contributed by atoms with Gasteiger partial charge in [0, 0.05) is 48.2 Å². The van der Waals surface area contributed by atoms with Crippen molar-refractivity contribution in [1.29, 1.82) is 0 Å². The summed E-state index contributed by atoms with van der Waals surface area (Å²) in [6, 6.07) is 8.91. The van der Waals surface area contributed by atoms with Gasteiger partial charge in [-0.1, -0.05) is 35.3 Å². The van der Waals surface area contributed by atoms with Crippen LogP contribution in [0.2, 0.25) is 10.0 Å². The molecule has 200 valence electrons. The third kappa shape index (κ3) is 6.62. The summed E-state index contributed by atoms with van der Waals surface area (Å²) in [5, 5.41) is 3.62. The minimum absolute atomic E-state index is 0.0649. The van der Waals surface area contributed by atoms with Gasteiger partial charge in [-0.3, -0.25) is 4.79 Å². The summed E-state index contributed by atoms with van der Waals surface area (Å²) in [6.45, 7) is 4.37. The van der Waals surface area contributed by atoms with Gasteiger partial charge in [-0.25, -0.2) is 4.79 Å². The number of benzene rings is 2. The normalized spacial score (nSPS) is 18.9. The van der Waals surface area contributed by atoms with Crippen LogP contribution in [0.4, 0.5) is 18.0 Å². The highest BCUT2D eigenvalue weighted by Crippen LogP contribution is 2.36. The molecule has 0 radical (unpaired) electrons. The van der Waals surface area contributed by atoms with E-state index in [2.05, 4.69) is 10.1 Å². The number of hydrogen-bond acceptors (Lipinski definition) is 3. The van der Waals surface area contributed by atoms with E-state index in [0.29, 0.717) is 65.8 Å². The third-order valence-electron chi connectivity index (χ3n) is 6.88. The van der Waals surface area contributed by atoms with Crippen LogP contribution in [0.25, 0.3) is 11.1 Å². The lowest BCUT2D eigenvalue weighted by Crippen LogP contribution is -2.50. The number of carbonyl (C=O) groups excluding carboxylic acids is 2. The Kier molecular flexibility index (Phi) is 8.43. The van der Waals surface area contributed by atoms with Crippen LogP contribution in [0.15, 0.2) is 36.4 Å². The Morgan fingerprint density at radius 1 is 1.03 bits per heavy atom. The molecule has 3 amide bonds. The Morgan fingerprint density at radius 2 is 1.65 bits per heavy atom. The monoisotopic (exact) mass is 557 g/mol. The van der Waals surface area contributed by atoms with Crippen molar-refractivity contribution >= 4 is 35.1 Å². The number of carbonyl (C=O) groups is 2. The number of nitrogens with one attached hydrogen (secondary N) is 1. The summed E-state index contributed by atoms with van der Waals surface area (Å²) in [4.78, 5) is 29.0. The molecule has 2 aliphatic rings. The predicted octanol–water partition coefficient (Wildman–Crippen LogP) is 6.14. The first-order valence-corrected chi connectivity index (χ1v) is 13.0. The summed E-state index contributed by atoms with van der Waals surface area (Å²) >= 11 is 13.1. The summed E-state index contributed by atoms with van der Waals surface area (Å²) in [7, 11) is 0. The maximum atomic E-state index is 13.2. The van der Waals surface area contributed by atoms with E-state index >= 15 is 0 Å². The number of ether oxygens (including phenoxy) is 1. The smallest absolute Gasteiger partial charge is 0.406 e. The molecular formula is C26H28Cl2F3N3O3. The van der Waals surface area contributed by atoms with Gasteiger partial charge < -0.3 is 19.9 Å². The van der Waals surface area contributed by atoms with Crippen molar-refractivity contribution in [3.8, 4) is 16.9 Å². The second kappa shape index (κ2) is 11.4. The number of amides is 3. The molecule has 1 atom stereocenters. The van der Waals surface area contributed by atoms with Crippen LogP contribution in [0.5, 0.6) is 5.75 Å². The van der Waals surface area contributed by atoms with E-state index in [0.717, 1.165) is 12.8 Å². The largest absolute Gasteiger partial charge is 0.573 e. The van der Waals surface area contributed by atoms with Crippen LogP contribution in [-0.2, 0) is 11.2 Å². The molecule has 0 spiro atoms. The van der Waals surface area contributed by atoms with Gasteiger partial charge in [-0.2, -0.15) is 0 Å². The van der Waals surface area contributed by atoms with E-state index in [-0.39, 0.29) is 29.6 Å². The number of urea groups is 1. The van der Waals surface area contributed by atoms with Crippen LogP contribution >= 0.6 is 23.2 Å². The van der Waals surface area contributed by atoms with E-state index in [1.54, 1.807) is 17.0 Å². The molecule has 0 saturated carbocycles. The van der Waals surface area contributed by atoms with Crippen molar-refractivity contribution in [2.45, 2.75) is 45.0 Å². The maximum absolute atomic E-state index is 13.2. The Bertz CT molecular complexity index is 1110. The summed E-state index contributed by atoms with van der Waals surface area (Å²) in [5.74, 6) is -0.474. The fourth-order valence-corrected chi connectivity index (χ4v) is 5.66. The second-order valence-corrected chi connectivity index (χ2v) is 10.1. The minimum Gasteiger partial charge on any atom is -0.406 e. The van der Waals surface area contributed by atoms with Gasteiger partial charge in [0.15, 0.2) is 0 Å². The molecule has 2 saturated heterocycles. The average molecular weight is 558 g/mol. The first-order chi connectivity index (χ1) is 17.6. The zero-order valence-corrected chi connectivity index (χ0v) is 21.8. The molecule has 0 aromatic heterocycles. The standard InChI is InChI=1S/C26H28Cl2F3N3O3/c1-2-32-25(36)33-10-8-19(9-11-33)34-12-7-17(24(34)35)13-21-22(27)14-18(15-23(21)28)16-3-5-20(6-4-16)37-26(29,30)31/h3-6,14-15,17,19H,2,7-13H2,1H3,(H,32,36)/t17-/m0/s1. The number of halogens is 5. The Morgan fingerprint density at radius 3 is 2.22 bits per heavy atom. The van der Waals surface area contributed by atoms with Crippen LogP contribution < -0.4 is 10.1 Å². The topological polar surface area (TPSA) is 61.9 Å². The van der Waals surface area contributed by atoms with Crippen molar-refractivity contribution in [3.05, 3.63) is 52.0 Å². The molecule has 1 N–H and O–H groups in total. The van der Waals surface area contributed by atoms with Gasteiger partial charge in [0.05, 0.1) is 0 Å². The van der Waals surface area contributed by atoms with Gasteiger partial charge in [0.25, 0.3) is 0 Å². The molecular weight excluding hydrogens is 530 g/mol. The summed E-state index contributed by atoms with van der Waals surface area (Å²) < 4.78 is 41.1. The van der Waals surface area contributed by atoms with Crippen LogP contribution in [0.3, 0.4) is 0 Å². The van der Waals surface area contributed by atoms with Gasteiger partial charge >= 0.3 is 12.4 Å². The van der Waals surface area contributed by atoms with Crippen LogP contribution in [0.1, 0.15) is 31.7 Å². The Balaban J connectivity index is 1.39. The number of hydrogen-bond donors (Lipinski definition) is 1. The average Bonchev–Trinajstić information content (AvgIpc) is 3.21. The van der Waals surface area contributed by atoms with Crippen LogP contribution in [0, 0.1) is 5.92 Å². The number of likely N-dealkylation sites (tertiary alicyclic amines) is 2. The molecule has 2 heterocycles. The van der Waals surface area contributed by atoms with E-state index in [4.69, 9.17) is 23.2 Å². The second-order valence-electron chi connectivity index (χ2n) is 9.27. The molecule has 2 aromatic rings. The van der Waals surface area contributed by atoms with E-state index in [1.165, 1.54) is 24.3 Å². The zero-order valence-electron chi connectivity index (χ0n) is 20.3. The number of nitrogens with zero attached hydrogens (tertiary/aromatic N) is 2. The lowest BCUT2D eigenvalue weighted by molar-refractivity contribution is -0.274. The molecule has 0 bridgehead atoms. The highest BCUT2D eigenvalue weighted by molar-refractivity contribution is 6.36. The number of alkyl halides is 3. The molecule has 2 aliphatic heterocycles. The van der Waals surface area contributed by atoms with Gasteiger partial charge in [0.2, 0.25) is 5.91 Å². The third-order valence-corrected chi connectivity index (χ3v) is 7.56. The highest BCUT2D eigenvalue weighted by atomic mass is 35.5. The molecule has 2 aromatic carbocycles. The van der Waals surface area contributed by atoms with E-state index < -0.39 is 6.36 Å². The van der Waals surface area contributed by atoms with Crippen molar-refractivity contribution in [2.75, 3.05) is 26.2 Å². The number of rotatable bonds is 6. The van der Waals surface area contributed by atoms with Crippen molar-refractivity contribution in [1.82, 2.24) is 15.1 Å². The minimum atomic E-state index is -4.76. The lowest BCUT2D eigenvalue weighted by atomic mass is 9.95. The van der Waals surface area contributed by atoms with E-state index in [1.807, 2.05) is 11.8 Å². The molecule has 4 rings (SSSR count).